The molecule has 0 aromatic heterocycles. The fraction of sp³-hybridized carbons (Fsp3) is 0.917. The maximum atomic E-state index is 10.6. The van der Waals surface area contributed by atoms with Gasteiger partial charge >= 0.3 is 0 Å². The molecule has 3 atom stereocenters. The lowest BCUT2D eigenvalue weighted by molar-refractivity contribution is -0.364. The van der Waals surface area contributed by atoms with Gasteiger partial charge in [0, 0.05) is 25.4 Å². The summed E-state index contributed by atoms with van der Waals surface area (Å²) in [5.41, 5.74) is 0. The Hall–Kier alpha value is -0.530. The van der Waals surface area contributed by atoms with Gasteiger partial charge in [-0.25, -0.2) is 10.1 Å². The average molecular weight is 262 g/mol. The van der Waals surface area contributed by atoms with Crippen LogP contribution in [0.5, 0.6) is 0 Å². The van der Waals surface area contributed by atoms with E-state index in [1.54, 1.807) is 0 Å². The van der Waals surface area contributed by atoms with Crippen LogP contribution < -0.4 is 0 Å². The molecular weight excluding hydrogens is 240 g/mol. The van der Waals surface area contributed by atoms with Gasteiger partial charge in [0.05, 0.1) is 13.2 Å². The third kappa shape index (κ3) is 3.49. The lowest BCUT2D eigenvalue weighted by Gasteiger charge is -2.37. The van der Waals surface area contributed by atoms with Crippen LogP contribution in [0.2, 0.25) is 0 Å². The van der Waals surface area contributed by atoms with Crippen LogP contribution in [0.15, 0.2) is 0 Å². The Morgan fingerprint density at radius 3 is 2.50 bits per heavy atom. The molecule has 6 nitrogen and oxygen atoms in total. The Bertz CT molecular complexity index is 247. The zero-order chi connectivity index (χ0) is 13.6. The highest BCUT2D eigenvalue weighted by Crippen LogP contribution is 2.38. The molecule has 0 radical (unpaired) electrons. The third-order valence-corrected chi connectivity index (χ3v) is 3.53. The molecule has 1 heterocycles. The molecule has 18 heavy (non-hydrogen) atoms. The van der Waals surface area contributed by atoms with E-state index in [4.69, 9.17) is 19.5 Å². The molecular formula is C12H22O6. The molecule has 1 saturated heterocycles. The van der Waals surface area contributed by atoms with Crippen molar-refractivity contribution in [2.24, 2.45) is 11.8 Å². The van der Waals surface area contributed by atoms with Gasteiger partial charge in [-0.05, 0) is 13.3 Å². The number of rotatable bonds is 8. The van der Waals surface area contributed by atoms with E-state index in [0.717, 1.165) is 6.29 Å². The zero-order valence-corrected chi connectivity index (χ0v) is 11.1. The lowest BCUT2D eigenvalue weighted by Crippen LogP contribution is -2.44. The van der Waals surface area contributed by atoms with E-state index in [1.165, 1.54) is 7.11 Å². The lowest BCUT2D eigenvalue weighted by atomic mass is 9.83. The van der Waals surface area contributed by atoms with Crippen molar-refractivity contribution in [2.45, 2.75) is 38.8 Å². The van der Waals surface area contributed by atoms with Gasteiger partial charge in [0.2, 0.25) is 0 Å². The standard InChI is InChI=1S/C12H22O6/c1-9(11(15-3)18-14)10(5-4-6-13)12(2)16-7-8-17-12/h6,9-11,14H,4-5,7-8H2,1-3H3. The van der Waals surface area contributed by atoms with E-state index < -0.39 is 12.1 Å². The largest absolute Gasteiger partial charge is 0.353 e. The minimum Gasteiger partial charge on any atom is -0.353 e. The molecule has 106 valence electrons. The molecule has 1 N–H and O–H groups in total. The van der Waals surface area contributed by atoms with Crippen molar-refractivity contribution in [1.29, 1.82) is 0 Å². The number of methoxy groups -OCH3 is 1. The van der Waals surface area contributed by atoms with E-state index in [-0.39, 0.29) is 11.8 Å². The van der Waals surface area contributed by atoms with Crippen LogP contribution in [0.4, 0.5) is 0 Å². The molecule has 0 saturated carbocycles. The number of ether oxygens (including phenoxy) is 3. The minimum atomic E-state index is -0.772. The quantitative estimate of drug-likeness (QED) is 0.309. The van der Waals surface area contributed by atoms with E-state index in [0.29, 0.717) is 26.1 Å². The number of carbonyl (C=O) groups excluding carboxylic acids is 1. The van der Waals surface area contributed by atoms with Crippen LogP contribution in [0.25, 0.3) is 0 Å². The first-order chi connectivity index (χ1) is 8.59. The van der Waals surface area contributed by atoms with Gasteiger partial charge in [-0.1, -0.05) is 6.92 Å². The van der Waals surface area contributed by atoms with Crippen molar-refractivity contribution in [1.82, 2.24) is 0 Å². The van der Waals surface area contributed by atoms with E-state index in [9.17, 15) is 4.79 Å². The van der Waals surface area contributed by atoms with Gasteiger partial charge in [0.1, 0.15) is 6.29 Å². The molecule has 0 aromatic rings. The average Bonchev–Trinajstić information content (AvgIpc) is 2.79. The van der Waals surface area contributed by atoms with Crippen LogP contribution in [0.3, 0.4) is 0 Å². The first kappa shape index (κ1) is 15.5. The van der Waals surface area contributed by atoms with E-state index in [2.05, 4.69) is 4.89 Å². The third-order valence-electron chi connectivity index (χ3n) is 3.53. The summed E-state index contributed by atoms with van der Waals surface area (Å²) in [4.78, 5) is 14.9. The first-order valence-corrected chi connectivity index (χ1v) is 6.13. The van der Waals surface area contributed by atoms with Crippen LogP contribution in [0, 0.1) is 11.8 Å². The second-order valence-corrected chi connectivity index (χ2v) is 4.63. The van der Waals surface area contributed by atoms with Crippen LogP contribution >= 0.6 is 0 Å². The Morgan fingerprint density at radius 1 is 1.44 bits per heavy atom. The van der Waals surface area contributed by atoms with Crippen molar-refractivity contribution in [2.75, 3.05) is 20.3 Å². The van der Waals surface area contributed by atoms with Crippen LogP contribution in [-0.4, -0.2) is 43.9 Å². The van der Waals surface area contributed by atoms with Crippen molar-refractivity contribution in [3.8, 4) is 0 Å². The molecule has 0 amide bonds. The maximum Gasteiger partial charge on any atom is 0.193 e. The van der Waals surface area contributed by atoms with Gasteiger partial charge in [-0.2, -0.15) is 0 Å². The Balaban J connectivity index is 2.78. The van der Waals surface area contributed by atoms with Crippen molar-refractivity contribution >= 4 is 6.29 Å². The number of hydrogen-bond donors (Lipinski definition) is 1. The highest BCUT2D eigenvalue weighted by atomic mass is 17.1. The van der Waals surface area contributed by atoms with Gasteiger partial charge in [-0.3, -0.25) is 0 Å². The summed E-state index contributed by atoms with van der Waals surface area (Å²) in [6.07, 6.45) is 1.08. The zero-order valence-electron chi connectivity index (χ0n) is 11.1. The Morgan fingerprint density at radius 2 is 2.06 bits per heavy atom. The van der Waals surface area contributed by atoms with Gasteiger partial charge in [-0.15, -0.1) is 0 Å². The molecule has 0 spiro atoms. The molecule has 3 unspecified atom stereocenters. The number of carbonyl (C=O) groups is 1. The Kier molecular flexibility index (Phi) is 6.17. The smallest absolute Gasteiger partial charge is 0.193 e. The van der Waals surface area contributed by atoms with Gasteiger partial charge < -0.3 is 19.0 Å². The van der Waals surface area contributed by atoms with E-state index >= 15 is 0 Å². The monoisotopic (exact) mass is 262 g/mol. The number of hydrogen-bond acceptors (Lipinski definition) is 6. The topological polar surface area (TPSA) is 74.2 Å². The minimum absolute atomic E-state index is 0.109. The van der Waals surface area contributed by atoms with Gasteiger partial charge in [0.25, 0.3) is 0 Å². The normalized spacial score (nSPS) is 23.6. The second kappa shape index (κ2) is 7.16. The molecule has 0 aliphatic carbocycles. The summed E-state index contributed by atoms with van der Waals surface area (Å²) >= 11 is 0. The number of aldehydes is 1. The van der Waals surface area contributed by atoms with Crippen LogP contribution in [-0.2, 0) is 23.9 Å². The summed E-state index contributed by atoms with van der Waals surface area (Å²) in [5, 5.41) is 8.82. The maximum absolute atomic E-state index is 10.6. The first-order valence-electron chi connectivity index (χ1n) is 6.13. The molecule has 0 bridgehead atoms. The summed E-state index contributed by atoms with van der Waals surface area (Å²) < 4.78 is 16.3. The fourth-order valence-electron chi connectivity index (χ4n) is 2.54. The highest BCUT2D eigenvalue weighted by Gasteiger charge is 2.44. The molecule has 0 aromatic carbocycles. The SMILES string of the molecule is COC(OO)C(C)C(CCC=O)C1(C)OCCO1. The highest BCUT2D eigenvalue weighted by molar-refractivity contribution is 5.49. The Labute approximate surface area is 107 Å². The molecule has 6 heteroatoms. The molecule has 1 aliphatic heterocycles. The summed E-state index contributed by atoms with van der Waals surface area (Å²) in [7, 11) is 1.45. The van der Waals surface area contributed by atoms with E-state index in [1.807, 2.05) is 13.8 Å². The summed E-state index contributed by atoms with van der Waals surface area (Å²) in [6, 6.07) is 0. The van der Waals surface area contributed by atoms with Crippen LogP contribution in [0.1, 0.15) is 26.7 Å². The fourth-order valence-corrected chi connectivity index (χ4v) is 2.54. The summed E-state index contributed by atoms with van der Waals surface area (Å²) in [5.74, 6) is -1.05. The van der Waals surface area contributed by atoms with Crippen molar-refractivity contribution in [3.63, 3.8) is 0 Å². The molecule has 1 rings (SSSR count). The van der Waals surface area contributed by atoms with Gasteiger partial charge in [0.15, 0.2) is 12.1 Å². The van der Waals surface area contributed by atoms with Crippen molar-refractivity contribution < 1.29 is 29.1 Å². The molecule has 1 fully saturated rings. The molecule has 1 aliphatic rings. The predicted octanol–water partition coefficient (Wildman–Crippen LogP) is 1.44. The predicted molar refractivity (Wildman–Crippen MR) is 62.8 cm³/mol. The summed E-state index contributed by atoms with van der Waals surface area (Å²) in [6.45, 7) is 4.77. The second-order valence-electron chi connectivity index (χ2n) is 4.63. The van der Waals surface area contributed by atoms with Crippen molar-refractivity contribution in [3.05, 3.63) is 0 Å².